The molecule has 0 aliphatic carbocycles. The maximum atomic E-state index is 11.7. The summed E-state index contributed by atoms with van der Waals surface area (Å²) in [5.74, 6) is -0.157. The number of aliphatic hydroxyl groups is 2. The SMILES string of the molecule is CC(=O)C(CO)(CO)CCc1ccc(C)c(C(C)(C)C)c1. The number of Topliss-reactive ketones (excluding diaryl/α,β-unsaturated/α-hetero) is 1. The number of aryl methyl sites for hydroxylation is 2. The Kier molecular flexibility index (Phi) is 5.71. The summed E-state index contributed by atoms with van der Waals surface area (Å²) in [5, 5.41) is 18.9. The molecule has 0 aliphatic rings. The number of aliphatic hydroxyl groups excluding tert-OH is 2. The standard InChI is InChI=1S/C18H28O3/c1-13-6-7-15(10-16(13)17(3,4)5)8-9-18(11-19,12-20)14(2)21/h6-7,10,19-20H,8-9,11-12H2,1-5H3. The molecule has 0 atom stereocenters. The van der Waals surface area contributed by atoms with E-state index in [1.54, 1.807) is 0 Å². The Labute approximate surface area is 128 Å². The summed E-state index contributed by atoms with van der Waals surface area (Å²) in [4.78, 5) is 11.7. The van der Waals surface area contributed by atoms with Crippen LogP contribution in [-0.2, 0) is 16.6 Å². The van der Waals surface area contributed by atoms with Gasteiger partial charge in [0, 0.05) is 0 Å². The van der Waals surface area contributed by atoms with Crippen molar-refractivity contribution in [2.24, 2.45) is 5.41 Å². The lowest BCUT2D eigenvalue weighted by atomic mass is 9.79. The van der Waals surface area contributed by atoms with Crippen molar-refractivity contribution < 1.29 is 15.0 Å². The average Bonchev–Trinajstić information content (AvgIpc) is 2.40. The number of benzene rings is 1. The van der Waals surface area contributed by atoms with Crippen molar-refractivity contribution in [3.8, 4) is 0 Å². The minimum Gasteiger partial charge on any atom is -0.395 e. The molecule has 0 unspecified atom stereocenters. The van der Waals surface area contributed by atoms with Crippen LogP contribution in [0.25, 0.3) is 0 Å². The van der Waals surface area contributed by atoms with Crippen LogP contribution in [0.5, 0.6) is 0 Å². The fraction of sp³-hybridized carbons (Fsp3) is 0.611. The molecule has 21 heavy (non-hydrogen) atoms. The first-order chi connectivity index (χ1) is 9.66. The third kappa shape index (κ3) is 4.14. The molecule has 0 saturated carbocycles. The third-order valence-electron chi connectivity index (χ3n) is 4.35. The van der Waals surface area contributed by atoms with Crippen molar-refractivity contribution in [3.05, 3.63) is 34.9 Å². The second-order valence-electron chi connectivity index (χ2n) is 7.05. The zero-order valence-corrected chi connectivity index (χ0v) is 13.9. The Balaban J connectivity index is 2.97. The summed E-state index contributed by atoms with van der Waals surface area (Å²) in [6.07, 6.45) is 1.13. The van der Waals surface area contributed by atoms with Gasteiger partial charge in [-0.1, -0.05) is 39.0 Å². The van der Waals surface area contributed by atoms with Crippen LogP contribution in [0.1, 0.15) is 50.8 Å². The normalized spacial score (nSPS) is 12.5. The highest BCUT2D eigenvalue weighted by molar-refractivity contribution is 5.82. The van der Waals surface area contributed by atoms with E-state index in [9.17, 15) is 15.0 Å². The predicted molar refractivity (Wildman–Crippen MR) is 85.5 cm³/mol. The number of carbonyl (C=O) groups is 1. The first-order valence-electron chi connectivity index (χ1n) is 7.49. The molecular weight excluding hydrogens is 264 g/mol. The fourth-order valence-electron chi connectivity index (χ4n) is 2.62. The largest absolute Gasteiger partial charge is 0.395 e. The maximum absolute atomic E-state index is 11.7. The van der Waals surface area contributed by atoms with Crippen LogP contribution < -0.4 is 0 Å². The van der Waals surface area contributed by atoms with Crippen LogP contribution in [0.3, 0.4) is 0 Å². The van der Waals surface area contributed by atoms with E-state index in [1.807, 2.05) is 0 Å². The number of ketones is 1. The summed E-state index contributed by atoms with van der Waals surface area (Å²) in [6, 6.07) is 6.34. The zero-order chi connectivity index (χ0) is 16.3. The van der Waals surface area contributed by atoms with Crippen LogP contribution >= 0.6 is 0 Å². The van der Waals surface area contributed by atoms with Crippen molar-refractivity contribution >= 4 is 5.78 Å². The van der Waals surface area contributed by atoms with E-state index in [2.05, 4.69) is 45.9 Å². The van der Waals surface area contributed by atoms with Gasteiger partial charge in [0.15, 0.2) is 0 Å². The number of rotatable bonds is 6. The van der Waals surface area contributed by atoms with Gasteiger partial charge in [-0.05, 0) is 48.8 Å². The molecule has 1 rings (SSSR count). The van der Waals surface area contributed by atoms with Gasteiger partial charge >= 0.3 is 0 Å². The van der Waals surface area contributed by atoms with E-state index in [0.717, 1.165) is 5.56 Å². The second-order valence-corrected chi connectivity index (χ2v) is 7.05. The Hall–Kier alpha value is -1.19. The van der Waals surface area contributed by atoms with Crippen molar-refractivity contribution in [2.75, 3.05) is 13.2 Å². The van der Waals surface area contributed by atoms with Gasteiger partial charge in [0.2, 0.25) is 0 Å². The highest BCUT2D eigenvalue weighted by Crippen LogP contribution is 2.29. The lowest BCUT2D eigenvalue weighted by molar-refractivity contribution is -0.132. The summed E-state index contributed by atoms with van der Waals surface area (Å²) in [6.45, 7) is 9.46. The maximum Gasteiger partial charge on any atom is 0.140 e. The van der Waals surface area contributed by atoms with Gasteiger partial charge < -0.3 is 10.2 Å². The van der Waals surface area contributed by atoms with Crippen molar-refractivity contribution in [2.45, 2.75) is 52.9 Å². The molecule has 0 spiro atoms. The van der Waals surface area contributed by atoms with Gasteiger partial charge in [-0.2, -0.15) is 0 Å². The van der Waals surface area contributed by atoms with E-state index in [0.29, 0.717) is 12.8 Å². The van der Waals surface area contributed by atoms with E-state index in [-0.39, 0.29) is 24.4 Å². The lowest BCUT2D eigenvalue weighted by Gasteiger charge is -2.27. The van der Waals surface area contributed by atoms with Crippen LogP contribution in [0, 0.1) is 12.3 Å². The van der Waals surface area contributed by atoms with Gasteiger partial charge in [-0.25, -0.2) is 0 Å². The van der Waals surface area contributed by atoms with Crippen molar-refractivity contribution in [3.63, 3.8) is 0 Å². The first-order valence-corrected chi connectivity index (χ1v) is 7.49. The highest BCUT2D eigenvalue weighted by atomic mass is 16.3. The molecule has 0 fully saturated rings. The van der Waals surface area contributed by atoms with E-state index >= 15 is 0 Å². The molecule has 3 heteroatoms. The monoisotopic (exact) mass is 292 g/mol. The fourth-order valence-corrected chi connectivity index (χ4v) is 2.62. The van der Waals surface area contributed by atoms with Gasteiger partial charge in [0.1, 0.15) is 5.78 Å². The van der Waals surface area contributed by atoms with Crippen molar-refractivity contribution in [1.29, 1.82) is 0 Å². The quantitative estimate of drug-likeness (QED) is 0.847. The summed E-state index contributed by atoms with van der Waals surface area (Å²) >= 11 is 0. The van der Waals surface area contributed by atoms with Crippen LogP contribution in [-0.4, -0.2) is 29.2 Å². The first kappa shape index (κ1) is 17.9. The third-order valence-corrected chi connectivity index (χ3v) is 4.35. The minimum absolute atomic E-state index is 0.0751. The molecule has 0 radical (unpaired) electrons. The Morgan fingerprint density at radius 3 is 2.14 bits per heavy atom. The van der Waals surface area contributed by atoms with Crippen LogP contribution in [0.2, 0.25) is 0 Å². The Morgan fingerprint density at radius 1 is 1.14 bits per heavy atom. The smallest absolute Gasteiger partial charge is 0.140 e. The second kappa shape index (κ2) is 6.71. The number of hydrogen-bond acceptors (Lipinski definition) is 3. The van der Waals surface area contributed by atoms with E-state index in [1.165, 1.54) is 18.1 Å². The van der Waals surface area contributed by atoms with Gasteiger partial charge in [0.25, 0.3) is 0 Å². The Morgan fingerprint density at radius 2 is 1.71 bits per heavy atom. The molecule has 0 bridgehead atoms. The highest BCUT2D eigenvalue weighted by Gasteiger charge is 2.33. The predicted octanol–water partition coefficient (Wildman–Crippen LogP) is 2.79. The average molecular weight is 292 g/mol. The molecule has 0 amide bonds. The van der Waals surface area contributed by atoms with E-state index in [4.69, 9.17) is 0 Å². The molecule has 3 nitrogen and oxygen atoms in total. The molecule has 0 saturated heterocycles. The minimum atomic E-state index is -1.02. The molecular formula is C18H28O3. The van der Waals surface area contributed by atoms with Crippen molar-refractivity contribution in [1.82, 2.24) is 0 Å². The topological polar surface area (TPSA) is 57.5 Å². The number of hydrogen-bond donors (Lipinski definition) is 2. The molecule has 0 aromatic heterocycles. The molecule has 118 valence electrons. The zero-order valence-electron chi connectivity index (χ0n) is 13.9. The lowest BCUT2D eigenvalue weighted by Crippen LogP contribution is -2.37. The summed E-state index contributed by atoms with van der Waals surface area (Å²) in [7, 11) is 0. The number of carbonyl (C=O) groups excluding carboxylic acids is 1. The molecule has 1 aromatic carbocycles. The molecule has 0 aliphatic heterocycles. The summed E-state index contributed by atoms with van der Waals surface area (Å²) in [5.41, 5.74) is 2.74. The van der Waals surface area contributed by atoms with Gasteiger partial charge in [0.05, 0.1) is 18.6 Å². The molecule has 2 N–H and O–H groups in total. The molecule has 1 aromatic rings. The van der Waals surface area contributed by atoms with Gasteiger partial charge in [-0.3, -0.25) is 4.79 Å². The van der Waals surface area contributed by atoms with E-state index < -0.39 is 5.41 Å². The van der Waals surface area contributed by atoms with Crippen LogP contribution in [0.15, 0.2) is 18.2 Å². The molecule has 0 heterocycles. The van der Waals surface area contributed by atoms with Gasteiger partial charge in [-0.15, -0.1) is 0 Å². The summed E-state index contributed by atoms with van der Waals surface area (Å²) < 4.78 is 0. The Bertz CT molecular complexity index is 494. The van der Waals surface area contributed by atoms with Crippen LogP contribution in [0.4, 0.5) is 0 Å².